The molecule has 6 nitrogen and oxygen atoms in total. The Kier molecular flexibility index (Phi) is 4.85. The average Bonchev–Trinajstić information content (AvgIpc) is 2.77. The Morgan fingerprint density at radius 1 is 1.48 bits per heavy atom. The molecule has 1 heterocycles. The van der Waals surface area contributed by atoms with E-state index in [0.717, 1.165) is 36.0 Å². The average molecular weight is 310 g/mol. The Balaban J connectivity index is 2.13. The summed E-state index contributed by atoms with van der Waals surface area (Å²) in [4.78, 5) is 22.9. The molecule has 0 aliphatic carbocycles. The first kappa shape index (κ1) is 15.8. The van der Waals surface area contributed by atoms with Crippen LogP contribution in [0.4, 0.5) is 0 Å². The molecule has 0 saturated heterocycles. The summed E-state index contributed by atoms with van der Waals surface area (Å²) in [5.41, 5.74) is 1.95. The Hall–Kier alpha value is -1.59. The first-order chi connectivity index (χ1) is 9.89. The molecule has 0 unspecified atom stereocenters. The fourth-order valence-corrected chi connectivity index (χ4v) is 2.58. The quantitative estimate of drug-likeness (QED) is 0.540. The van der Waals surface area contributed by atoms with E-state index in [1.54, 1.807) is 18.2 Å². The first-order valence-corrected chi connectivity index (χ1v) is 8.06. The van der Waals surface area contributed by atoms with Gasteiger partial charge < -0.3 is 14.4 Å². The third kappa shape index (κ3) is 4.44. The molecule has 2 aromatic rings. The molecule has 0 atom stereocenters. The Morgan fingerprint density at radius 3 is 2.90 bits per heavy atom. The van der Waals surface area contributed by atoms with Crippen LogP contribution in [0.25, 0.3) is 10.9 Å². The van der Waals surface area contributed by atoms with Crippen LogP contribution in [-0.4, -0.2) is 39.8 Å². The number of rotatable bonds is 7. The van der Waals surface area contributed by atoms with Gasteiger partial charge >= 0.3 is 7.82 Å². The van der Waals surface area contributed by atoms with E-state index in [1.165, 1.54) is 0 Å². The smallest absolute Gasteiger partial charge is 0.404 e. The lowest BCUT2D eigenvalue weighted by Crippen LogP contribution is -2.20. The minimum absolute atomic E-state index is 0.146. The summed E-state index contributed by atoms with van der Waals surface area (Å²) in [5, 5.41) is 1.03. The summed E-state index contributed by atoms with van der Waals surface area (Å²) in [7, 11) is -2.49. The van der Waals surface area contributed by atoms with E-state index in [-0.39, 0.29) is 5.75 Å². The van der Waals surface area contributed by atoms with Gasteiger partial charge in [-0.3, -0.25) is 9.79 Å². The number of hydrogen-bond acceptors (Lipinski definition) is 3. The van der Waals surface area contributed by atoms with Crippen molar-refractivity contribution < 1.29 is 18.9 Å². The van der Waals surface area contributed by atoms with Crippen LogP contribution >= 0.6 is 7.82 Å². The number of aromatic nitrogens is 1. The van der Waals surface area contributed by atoms with Gasteiger partial charge in [0, 0.05) is 36.3 Å². The molecule has 0 fully saturated rings. The predicted octanol–water partition coefficient (Wildman–Crippen LogP) is 2.30. The summed E-state index contributed by atoms with van der Waals surface area (Å²) < 4.78 is 15.4. The van der Waals surface area contributed by atoms with Crippen molar-refractivity contribution in [3.05, 3.63) is 42.6 Å². The number of fused-ring (bicyclic) bond motifs is 1. The molecular weight excluding hydrogens is 291 g/mol. The molecule has 0 bridgehead atoms. The van der Waals surface area contributed by atoms with Gasteiger partial charge in [0.15, 0.2) is 0 Å². The molecule has 1 aromatic heterocycles. The van der Waals surface area contributed by atoms with Gasteiger partial charge in [0.25, 0.3) is 0 Å². The van der Waals surface area contributed by atoms with E-state index in [9.17, 15) is 4.57 Å². The van der Waals surface area contributed by atoms with Crippen molar-refractivity contribution in [3.63, 3.8) is 0 Å². The van der Waals surface area contributed by atoms with E-state index < -0.39 is 7.82 Å². The molecule has 0 saturated carbocycles. The van der Waals surface area contributed by atoms with Crippen LogP contribution in [-0.2, 0) is 11.0 Å². The van der Waals surface area contributed by atoms with Gasteiger partial charge in [-0.15, -0.1) is 6.58 Å². The van der Waals surface area contributed by atoms with Crippen molar-refractivity contribution in [3.8, 4) is 5.75 Å². The lowest BCUT2D eigenvalue weighted by molar-refractivity contribution is 0.283. The van der Waals surface area contributed by atoms with Gasteiger partial charge in [-0.2, -0.15) is 0 Å². The number of likely N-dealkylation sites (N-methyl/N-ethyl adjacent to an activating group) is 1. The third-order valence-electron chi connectivity index (χ3n) is 3.17. The number of hydrogen-bond donors (Lipinski definition) is 3. The van der Waals surface area contributed by atoms with Crippen molar-refractivity contribution in [1.29, 1.82) is 0 Å². The molecule has 0 aliphatic heterocycles. The number of benzene rings is 1. The van der Waals surface area contributed by atoms with Crippen LogP contribution in [0.3, 0.4) is 0 Å². The van der Waals surface area contributed by atoms with Crippen molar-refractivity contribution in [1.82, 2.24) is 9.88 Å². The van der Waals surface area contributed by atoms with Crippen LogP contribution in [0.15, 0.2) is 37.1 Å². The van der Waals surface area contributed by atoms with Crippen LogP contribution in [0.2, 0.25) is 0 Å². The Bertz CT molecular complexity index is 677. The highest BCUT2D eigenvalue weighted by atomic mass is 31.2. The molecule has 0 spiro atoms. The molecule has 3 N–H and O–H groups in total. The maximum atomic E-state index is 10.8. The molecule has 7 heteroatoms. The van der Waals surface area contributed by atoms with Gasteiger partial charge in [0.1, 0.15) is 5.75 Å². The second-order valence-corrected chi connectivity index (χ2v) is 6.07. The SMILES string of the molecule is C=CCN(C)CCc1c[nH]c2cc(OP(=O)(O)O)ccc12. The van der Waals surface area contributed by atoms with E-state index >= 15 is 0 Å². The number of nitrogens with zero attached hydrogens (tertiary/aromatic N) is 1. The maximum absolute atomic E-state index is 10.8. The van der Waals surface area contributed by atoms with E-state index in [2.05, 4.69) is 21.0 Å². The standard InChI is InChI=1S/C14H19N2O4P/c1-3-7-16(2)8-6-11-10-15-14-9-12(4-5-13(11)14)20-21(17,18)19/h3-5,9-10,15H,1,6-8H2,2H3,(H2,17,18,19). The molecule has 0 amide bonds. The highest BCUT2D eigenvalue weighted by molar-refractivity contribution is 7.46. The van der Waals surface area contributed by atoms with Crippen LogP contribution in [0.1, 0.15) is 5.56 Å². The second kappa shape index (κ2) is 6.45. The first-order valence-electron chi connectivity index (χ1n) is 6.53. The van der Waals surface area contributed by atoms with Crippen molar-refractivity contribution in [2.75, 3.05) is 20.1 Å². The maximum Gasteiger partial charge on any atom is 0.524 e. The summed E-state index contributed by atoms with van der Waals surface area (Å²) in [5.74, 6) is 0.146. The van der Waals surface area contributed by atoms with Crippen LogP contribution < -0.4 is 4.52 Å². The van der Waals surface area contributed by atoms with Crippen molar-refractivity contribution in [2.24, 2.45) is 0 Å². The van der Waals surface area contributed by atoms with Gasteiger partial charge in [0.2, 0.25) is 0 Å². The molecule has 2 rings (SSSR count). The lowest BCUT2D eigenvalue weighted by atomic mass is 10.1. The molecule has 114 valence electrons. The minimum Gasteiger partial charge on any atom is -0.404 e. The van der Waals surface area contributed by atoms with E-state index in [4.69, 9.17) is 9.79 Å². The largest absolute Gasteiger partial charge is 0.524 e. The van der Waals surface area contributed by atoms with Crippen LogP contribution in [0.5, 0.6) is 5.75 Å². The molecular formula is C14H19N2O4P. The van der Waals surface area contributed by atoms with Gasteiger partial charge in [-0.1, -0.05) is 6.08 Å². The minimum atomic E-state index is -4.52. The lowest BCUT2D eigenvalue weighted by Gasteiger charge is -2.13. The highest BCUT2D eigenvalue weighted by Gasteiger charge is 2.16. The zero-order valence-electron chi connectivity index (χ0n) is 11.8. The van der Waals surface area contributed by atoms with Crippen molar-refractivity contribution >= 4 is 18.7 Å². The molecule has 0 aliphatic rings. The fraction of sp³-hybridized carbons (Fsp3) is 0.286. The fourth-order valence-electron chi connectivity index (χ4n) is 2.19. The number of aromatic amines is 1. The molecule has 0 radical (unpaired) electrons. The topological polar surface area (TPSA) is 85.8 Å². The molecule has 21 heavy (non-hydrogen) atoms. The highest BCUT2D eigenvalue weighted by Crippen LogP contribution is 2.38. The van der Waals surface area contributed by atoms with E-state index in [0.29, 0.717) is 0 Å². The second-order valence-electron chi connectivity index (χ2n) is 4.90. The summed E-state index contributed by atoms with van der Waals surface area (Å²) in [6.07, 6.45) is 4.65. The Labute approximate surface area is 123 Å². The number of nitrogens with one attached hydrogen (secondary N) is 1. The number of H-pyrrole nitrogens is 1. The zero-order valence-corrected chi connectivity index (χ0v) is 12.7. The normalized spacial score (nSPS) is 12.0. The monoisotopic (exact) mass is 310 g/mol. The number of phosphoric ester groups is 1. The van der Waals surface area contributed by atoms with Gasteiger partial charge in [-0.25, -0.2) is 4.57 Å². The van der Waals surface area contributed by atoms with E-state index in [1.807, 2.05) is 19.3 Å². The summed E-state index contributed by atoms with van der Waals surface area (Å²) in [6, 6.07) is 4.96. The van der Waals surface area contributed by atoms with Gasteiger partial charge in [0.05, 0.1) is 0 Å². The Morgan fingerprint density at radius 2 is 2.24 bits per heavy atom. The van der Waals surface area contributed by atoms with Crippen molar-refractivity contribution in [2.45, 2.75) is 6.42 Å². The molecule has 1 aromatic carbocycles. The predicted molar refractivity (Wildman–Crippen MR) is 82.4 cm³/mol. The summed E-state index contributed by atoms with van der Waals surface area (Å²) >= 11 is 0. The zero-order chi connectivity index (χ0) is 15.5. The van der Waals surface area contributed by atoms with Gasteiger partial charge in [-0.05, 0) is 31.2 Å². The van der Waals surface area contributed by atoms with Crippen LogP contribution in [0, 0.1) is 0 Å². The summed E-state index contributed by atoms with van der Waals surface area (Å²) in [6.45, 7) is 5.45. The number of phosphoric acid groups is 1. The third-order valence-corrected chi connectivity index (χ3v) is 3.62.